The van der Waals surface area contributed by atoms with E-state index in [2.05, 4.69) is 25.9 Å². The SMILES string of the molecule is CCNC(=NCCNc1ncccc1C(F)(F)F)NC1CCC(O)CC1. The van der Waals surface area contributed by atoms with Gasteiger partial charge in [0, 0.05) is 25.3 Å². The quantitative estimate of drug-likeness (QED) is 0.350. The van der Waals surface area contributed by atoms with Crippen molar-refractivity contribution in [3.63, 3.8) is 0 Å². The second kappa shape index (κ2) is 9.61. The molecule has 0 saturated heterocycles. The van der Waals surface area contributed by atoms with Gasteiger partial charge >= 0.3 is 6.18 Å². The molecule has 0 unspecified atom stereocenters. The number of aliphatic hydroxyl groups excluding tert-OH is 1. The summed E-state index contributed by atoms with van der Waals surface area (Å²) < 4.78 is 38.8. The molecular weight excluding hydrogens is 347 g/mol. The van der Waals surface area contributed by atoms with Crippen molar-refractivity contribution in [3.8, 4) is 0 Å². The van der Waals surface area contributed by atoms with Crippen LogP contribution < -0.4 is 16.0 Å². The van der Waals surface area contributed by atoms with Gasteiger partial charge in [0.2, 0.25) is 0 Å². The molecule has 1 aromatic rings. The number of halogens is 3. The van der Waals surface area contributed by atoms with Crippen LogP contribution in [0.5, 0.6) is 0 Å². The Kier molecular flexibility index (Phi) is 7.50. The molecule has 4 N–H and O–H groups in total. The lowest BCUT2D eigenvalue weighted by Gasteiger charge is -2.27. The van der Waals surface area contributed by atoms with Crippen molar-refractivity contribution >= 4 is 11.8 Å². The number of pyridine rings is 1. The number of rotatable bonds is 6. The highest BCUT2D eigenvalue weighted by atomic mass is 19.4. The van der Waals surface area contributed by atoms with E-state index in [-0.39, 0.29) is 24.5 Å². The van der Waals surface area contributed by atoms with Gasteiger partial charge in [-0.1, -0.05) is 0 Å². The number of anilines is 1. The van der Waals surface area contributed by atoms with Crippen molar-refractivity contribution in [1.29, 1.82) is 0 Å². The summed E-state index contributed by atoms with van der Waals surface area (Å²) in [5.74, 6) is 0.446. The van der Waals surface area contributed by atoms with Crippen molar-refractivity contribution in [2.45, 2.75) is 50.9 Å². The standard InChI is InChI=1S/C17H26F3N5O/c1-2-21-16(25-12-5-7-13(26)8-6-12)24-11-10-23-15-14(17(18,19)20)4-3-9-22-15/h3-4,9,12-13,26H,2,5-8,10-11H2,1H3,(H,22,23)(H2,21,24,25). The second-order valence-electron chi connectivity index (χ2n) is 6.23. The fourth-order valence-corrected chi connectivity index (χ4v) is 2.85. The number of hydrogen-bond donors (Lipinski definition) is 4. The average Bonchev–Trinajstić information content (AvgIpc) is 2.60. The first-order chi connectivity index (χ1) is 12.4. The molecule has 1 fully saturated rings. The summed E-state index contributed by atoms with van der Waals surface area (Å²) >= 11 is 0. The summed E-state index contributed by atoms with van der Waals surface area (Å²) in [6, 6.07) is 2.51. The molecule has 146 valence electrons. The van der Waals surface area contributed by atoms with Crippen LogP contribution in [0.25, 0.3) is 0 Å². The summed E-state index contributed by atoms with van der Waals surface area (Å²) in [6.07, 6.45) is -0.0829. The Morgan fingerprint density at radius 2 is 2.04 bits per heavy atom. The van der Waals surface area contributed by atoms with Gasteiger partial charge in [-0.15, -0.1) is 0 Å². The molecular formula is C17H26F3N5O. The third-order valence-corrected chi connectivity index (χ3v) is 4.17. The Bertz CT molecular complexity index is 586. The molecule has 0 atom stereocenters. The maximum Gasteiger partial charge on any atom is 0.419 e. The van der Waals surface area contributed by atoms with E-state index in [0.29, 0.717) is 19.0 Å². The molecule has 1 aliphatic carbocycles. The van der Waals surface area contributed by atoms with Crippen LogP contribution in [-0.4, -0.2) is 47.8 Å². The molecule has 2 rings (SSSR count). The average molecular weight is 373 g/mol. The minimum absolute atomic E-state index is 0.186. The zero-order valence-corrected chi connectivity index (χ0v) is 14.8. The summed E-state index contributed by atoms with van der Waals surface area (Å²) in [5, 5.41) is 18.7. The molecule has 0 spiro atoms. The van der Waals surface area contributed by atoms with E-state index in [1.54, 1.807) is 0 Å². The van der Waals surface area contributed by atoms with E-state index in [4.69, 9.17) is 0 Å². The second-order valence-corrected chi connectivity index (χ2v) is 6.23. The number of alkyl halides is 3. The van der Waals surface area contributed by atoms with Crippen LogP contribution in [0.1, 0.15) is 38.2 Å². The number of hydrogen-bond acceptors (Lipinski definition) is 4. The van der Waals surface area contributed by atoms with E-state index >= 15 is 0 Å². The Morgan fingerprint density at radius 3 is 2.69 bits per heavy atom. The Morgan fingerprint density at radius 1 is 1.31 bits per heavy atom. The summed E-state index contributed by atoms with van der Waals surface area (Å²) in [4.78, 5) is 8.16. The van der Waals surface area contributed by atoms with Crippen LogP contribution in [0.15, 0.2) is 23.3 Å². The first-order valence-corrected chi connectivity index (χ1v) is 8.89. The molecule has 6 nitrogen and oxygen atoms in total. The van der Waals surface area contributed by atoms with Gasteiger partial charge in [-0.3, -0.25) is 4.99 Å². The van der Waals surface area contributed by atoms with Gasteiger partial charge in [0.15, 0.2) is 5.96 Å². The number of nitrogens with zero attached hydrogens (tertiary/aromatic N) is 2. The Labute approximate surface area is 151 Å². The molecule has 0 bridgehead atoms. The van der Waals surface area contributed by atoms with Crippen molar-refractivity contribution in [2.75, 3.05) is 25.0 Å². The van der Waals surface area contributed by atoms with Crippen LogP contribution in [-0.2, 0) is 6.18 Å². The number of aromatic nitrogens is 1. The number of guanidine groups is 1. The summed E-state index contributed by atoms with van der Waals surface area (Å²) in [6.45, 7) is 3.18. The van der Waals surface area contributed by atoms with Crippen molar-refractivity contribution in [3.05, 3.63) is 23.9 Å². The lowest BCUT2D eigenvalue weighted by molar-refractivity contribution is -0.137. The van der Waals surface area contributed by atoms with Gasteiger partial charge in [0.25, 0.3) is 0 Å². The first kappa shape index (κ1) is 20.3. The lowest BCUT2D eigenvalue weighted by atomic mass is 9.93. The maximum absolute atomic E-state index is 12.9. The van der Waals surface area contributed by atoms with Crippen molar-refractivity contribution < 1.29 is 18.3 Å². The third kappa shape index (κ3) is 6.36. The molecule has 9 heteroatoms. The zero-order chi connectivity index (χ0) is 19.0. The molecule has 0 aromatic carbocycles. The molecule has 0 amide bonds. The topological polar surface area (TPSA) is 81.6 Å². The zero-order valence-electron chi connectivity index (χ0n) is 14.8. The van der Waals surface area contributed by atoms with Gasteiger partial charge in [-0.05, 0) is 44.7 Å². The largest absolute Gasteiger partial charge is 0.419 e. The molecule has 1 aromatic heterocycles. The lowest BCUT2D eigenvalue weighted by Crippen LogP contribution is -2.45. The highest BCUT2D eigenvalue weighted by Crippen LogP contribution is 2.33. The predicted octanol–water partition coefficient (Wildman–Crippen LogP) is 2.37. The van der Waals surface area contributed by atoms with E-state index in [1.165, 1.54) is 12.3 Å². The molecule has 26 heavy (non-hydrogen) atoms. The summed E-state index contributed by atoms with van der Waals surface area (Å²) in [7, 11) is 0. The fraction of sp³-hybridized carbons (Fsp3) is 0.647. The smallest absolute Gasteiger partial charge is 0.393 e. The van der Waals surface area contributed by atoms with Crippen LogP contribution in [0, 0.1) is 0 Å². The monoisotopic (exact) mass is 373 g/mol. The number of nitrogens with one attached hydrogen (secondary N) is 3. The molecule has 1 saturated carbocycles. The number of aliphatic hydroxyl groups is 1. The molecule has 1 aliphatic rings. The normalized spacial score (nSPS) is 21.3. The van der Waals surface area contributed by atoms with Gasteiger partial charge in [0.1, 0.15) is 5.82 Å². The predicted molar refractivity (Wildman–Crippen MR) is 95.1 cm³/mol. The highest BCUT2D eigenvalue weighted by Gasteiger charge is 2.33. The maximum atomic E-state index is 12.9. The summed E-state index contributed by atoms with van der Waals surface area (Å²) in [5.41, 5.74) is -0.783. The van der Waals surface area contributed by atoms with Crippen molar-refractivity contribution in [2.24, 2.45) is 4.99 Å². The Hall–Kier alpha value is -2.03. The minimum atomic E-state index is -4.44. The van der Waals surface area contributed by atoms with Crippen LogP contribution in [0.3, 0.4) is 0 Å². The molecule has 0 radical (unpaired) electrons. The minimum Gasteiger partial charge on any atom is -0.393 e. The van der Waals surface area contributed by atoms with Gasteiger partial charge < -0.3 is 21.1 Å². The van der Waals surface area contributed by atoms with Gasteiger partial charge in [-0.2, -0.15) is 13.2 Å². The molecule has 1 heterocycles. The fourth-order valence-electron chi connectivity index (χ4n) is 2.85. The van der Waals surface area contributed by atoms with Gasteiger partial charge in [-0.25, -0.2) is 4.98 Å². The van der Waals surface area contributed by atoms with Crippen LogP contribution in [0.2, 0.25) is 0 Å². The van der Waals surface area contributed by atoms with E-state index in [0.717, 1.165) is 31.7 Å². The first-order valence-electron chi connectivity index (χ1n) is 8.89. The van der Waals surface area contributed by atoms with E-state index in [1.807, 2.05) is 6.92 Å². The van der Waals surface area contributed by atoms with E-state index < -0.39 is 11.7 Å². The van der Waals surface area contributed by atoms with Gasteiger partial charge in [0.05, 0.1) is 18.2 Å². The highest BCUT2D eigenvalue weighted by molar-refractivity contribution is 5.80. The number of aliphatic imine (C=N–C) groups is 1. The van der Waals surface area contributed by atoms with E-state index in [9.17, 15) is 18.3 Å². The third-order valence-electron chi connectivity index (χ3n) is 4.17. The van der Waals surface area contributed by atoms with Crippen LogP contribution >= 0.6 is 0 Å². The van der Waals surface area contributed by atoms with Crippen LogP contribution in [0.4, 0.5) is 19.0 Å². The molecule has 0 aliphatic heterocycles. The Balaban J connectivity index is 1.87. The van der Waals surface area contributed by atoms with Crippen molar-refractivity contribution in [1.82, 2.24) is 15.6 Å².